The second-order valence-electron chi connectivity index (χ2n) is 5.48. The van der Waals surface area contributed by atoms with Gasteiger partial charge in [-0.25, -0.2) is 0 Å². The lowest BCUT2D eigenvalue weighted by atomic mass is 10.0. The fourth-order valence-electron chi connectivity index (χ4n) is 2.56. The Morgan fingerprint density at radius 2 is 1.77 bits per heavy atom. The van der Waals surface area contributed by atoms with Crippen LogP contribution >= 0.6 is 0 Å². The van der Waals surface area contributed by atoms with Crippen molar-refractivity contribution in [1.29, 1.82) is 0 Å². The van der Waals surface area contributed by atoms with E-state index in [-0.39, 0.29) is 5.91 Å². The highest BCUT2D eigenvalue weighted by molar-refractivity contribution is 5.94. The summed E-state index contributed by atoms with van der Waals surface area (Å²) in [6.45, 7) is 1.93. The molecule has 3 aromatic rings. The average molecular weight is 290 g/mol. The second kappa shape index (κ2) is 5.90. The molecule has 0 heterocycles. The van der Waals surface area contributed by atoms with E-state index in [1.807, 2.05) is 43.3 Å². The monoisotopic (exact) mass is 290 g/mol. The highest BCUT2D eigenvalue weighted by atomic mass is 16.1. The van der Waals surface area contributed by atoms with Gasteiger partial charge in [0.15, 0.2) is 0 Å². The van der Waals surface area contributed by atoms with Gasteiger partial charge < -0.3 is 11.1 Å². The Hall–Kier alpha value is -2.81. The molecule has 0 spiro atoms. The smallest absolute Gasteiger partial charge is 0.228 e. The fraction of sp³-hybridized carbons (Fsp3) is 0.105. The van der Waals surface area contributed by atoms with E-state index in [2.05, 4.69) is 23.5 Å². The number of hydrogen-bond acceptors (Lipinski definition) is 2. The number of nitrogen functional groups attached to an aromatic ring is 1. The molecule has 0 radical (unpaired) electrons. The number of anilines is 2. The van der Waals surface area contributed by atoms with Crippen LogP contribution in [-0.2, 0) is 11.2 Å². The largest absolute Gasteiger partial charge is 0.399 e. The highest BCUT2D eigenvalue weighted by Crippen LogP contribution is 2.19. The van der Waals surface area contributed by atoms with Crippen molar-refractivity contribution < 1.29 is 4.79 Å². The van der Waals surface area contributed by atoms with Crippen molar-refractivity contribution in [2.24, 2.45) is 0 Å². The van der Waals surface area contributed by atoms with Gasteiger partial charge in [0.25, 0.3) is 0 Å². The Morgan fingerprint density at radius 1 is 1.00 bits per heavy atom. The van der Waals surface area contributed by atoms with Crippen molar-refractivity contribution in [3.05, 3.63) is 71.8 Å². The fourth-order valence-corrected chi connectivity index (χ4v) is 2.56. The van der Waals surface area contributed by atoms with Gasteiger partial charge >= 0.3 is 0 Å². The summed E-state index contributed by atoms with van der Waals surface area (Å²) in [7, 11) is 0. The van der Waals surface area contributed by atoms with E-state index in [4.69, 9.17) is 5.73 Å². The van der Waals surface area contributed by atoms with Gasteiger partial charge in [-0.15, -0.1) is 0 Å². The summed E-state index contributed by atoms with van der Waals surface area (Å²) in [5.41, 5.74) is 9.20. The Kier molecular flexibility index (Phi) is 3.79. The first-order valence-electron chi connectivity index (χ1n) is 7.25. The normalized spacial score (nSPS) is 10.6. The summed E-state index contributed by atoms with van der Waals surface area (Å²) in [5.74, 6) is -0.0249. The Morgan fingerprint density at radius 3 is 2.55 bits per heavy atom. The molecule has 3 N–H and O–H groups in total. The van der Waals surface area contributed by atoms with Crippen LogP contribution in [-0.4, -0.2) is 5.91 Å². The van der Waals surface area contributed by atoms with Gasteiger partial charge in [0.1, 0.15) is 0 Å². The maximum absolute atomic E-state index is 12.2. The molecule has 110 valence electrons. The van der Waals surface area contributed by atoms with Gasteiger partial charge in [-0.3, -0.25) is 4.79 Å². The minimum atomic E-state index is -0.0249. The maximum Gasteiger partial charge on any atom is 0.228 e. The van der Waals surface area contributed by atoms with Crippen molar-refractivity contribution in [3.8, 4) is 0 Å². The van der Waals surface area contributed by atoms with Crippen LogP contribution in [0.25, 0.3) is 10.8 Å². The summed E-state index contributed by atoms with van der Waals surface area (Å²) in [6, 6.07) is 19.7. The van der Waals surface area contributed by atoms with E-state index in [0.29, 0.717) is 12.1 Å². The minimum absolute atomic E-state index is 0.0249. The topological polar surface area (TPSA) is 55.1 Å². The second-order valence-corrected chi connectivity index (χ2v) is 5.48. The number of carbonyl (C=O) groups excluding carboxylic acids is 1. The number of fused-ring (bicyclic) bond motifs is 1. The molecule has 3 rings (SSSR count). The SMILES string of the molecule is Cc1cc(N)ccc1NC(=O)Cc1ccc2ccccc2c1. The zero-order valence-electron chi connectivity index (χ0n) is 12.5. The molecule has 0 aliphatic heterocycles. The number of aryl methyl sites for hydroxylation is 1. The van der Waals surface area contributed by atoms with Crippen LogP contribution in [0.2, 0.25) is 0 Å². The third-order valence-corrected chi connectivity index (χ3v) is 3.70. The molecule has 0 aliphatic rings. The lowest BCUT2D eigenvalue weighted by molar-refractivity contribution is -0.115. The Labute approximate surface area is 129 Å². The van der Waals surface area contributed by atoms with Crippen LogP contribution in [0.5, 0.6) is 0 Å². The molecular formula is C19H18N2O. The van der Waals surface area contributed by atoms with Crippen LogP contribution in [0.3, 0.4) is 0 Å². The lowest BCUT2D eigenvalue weighted by Gasteiger charge is -2.09. The molecular weight excluding hydrogens is 272 g/mol. The van der Waals surface area contributed by atoms with Gasteiger partial charge in [-0.05, 0) is 47.0 Å². The number of nitrogens with two attached hydrogens (primary N) is 1. The molecule has 0 aromatic heterocycles. The molecule has 0 aliphatic carbocycles. The van der Waals surface area contributed by atoms with Crippen molar-refractivity contribution in [2.75, 3.05) is 11.1 Å². The number of nitrogens with one attached hydrogen (secondary N) is 1. The number of carbonyl (C=O) groups is 1. The number of benzene rings is 3. The van der Waals surface area contributed by atoms with Crippen molar-refractivity contribution in [3.63, 3.8) is 0 Å². The van der Waals surface area contributed by atoms with E-state index < -0.39 is 0 Å². The van der Waals surface area contributed by atoms with Crippen molar-refractivity contribution >= 4 is 28.1 Å². The van der Waals surface area contributed by atoms with Gasteiger partial charge in [0, 0.05) is 11.4 Å². The summed E-state index contributed by atoms with van der Waals surface area (Å²) < 4.78 is 0. The molecule has 0 saturated heterocycles. The Bertz CT molecular complexity index is 840. The summed E-state index contributed by atoms with van der Waals surface area (Å²) >= 11 is 0. The third kappa shape index (κ3) is 3.09. The number of amides is 1. The molecule has 0 unspecified atom stereocenters. The molecule has 3 nitrogen and oxygen atoms in total. The van der Waals surface area contributed by atoms with Gasteiger partial charge in [0.2, 0.25) is 5.91 Å². The predicted octanol–water partition coefficient (Wildman–Crippen LogP) is 3.91. The molecule has 0 bridgehead atoms. The molecule has 3 aromatic carbocycles. The first kappa shape index (κ1) is 14.1. The number of hydrogen-bond donors (Lipinski definition) is 2. The van der Waals surface area contributed by atoms with E-state index in [9.17, 15) is 4.79 Å². The molecule has 0 saturated carbocycles. The number of rotatable bonds is 3. The zero-order chi connectivity index (χ0) is 15.5. The van der Waals surface area contributed by atoms with Gasteiger partial charge in [0.05, 0.1) is 6.42 Å². The summed E-state index contributed by atoms with van der Waals surface area (Å²) in [6.07, 6.45) is 0.356. The van der Waals surface area contributed by atoms with Gasteiger partial charge in [-0.1, -0.05) is 42.5 Å². The van der Waals surface area contributed by atoms with E-state index in [0.717, 1.165) is 22.2 Å². The van der Waals surface area contributed by atoms with Crippen LogP contribution < -0.4 is 11.1 Å². The molecule has 1 amide bonds. The van der Waals surface area contributed by atoms with Crippen LogP contribution in [0, 0.1) is 6.92 Å². The maximum atomic E-state index is 12.2. The third-order valence-electron chi connectivity index (χ3n) is 3.70. The minimum Gasteiger partial charge on any atom is -0.399 e. The van der Waals surface area contributed by atoms with E-state index in [1.165, 1.54) is 5.39 Å². The van der Waals surface area contributed by atoms with Crippen molar-refractivity contribution in [1.82, 2.24) is 0 Å². The van der Waals surface area contributed by atoms with E-state index >= 15 is 0 Å². The molecule has 3 heteroatoms. The van der Waals surface area contributed by atoms with Crippen LogP contribution in [0.15, 0.2) is 60.7 Å². The Balaban J connectivity index is 1.75. The molecule has 0 atom stereocenters. The summed E-state index contributed by atoms with van der Waals surface area (Å²) in [5, 5.41) is 5.27. The standard InChI is InChI=1S/C19H18N2O/c1-13-10-17(20)8-9-18(13)21-19(22)12-14-6-7-15-4-2-3-5-16(15)11-14/h2-11H,12,20H2,1H3,(H,21,22). The van der Waals surface area contributed by atoms with E-state index in [1.54, 1.807) is 6.07 Å². The van der Waals surface area contributed by atoms with Crippen LogP contribution in [0.4, 0.5) is 11.4 Å². The molecule has 22 heavy (non-hydrogen) atoms. The first-order valence-corrected chi connectivity index (χ1v) is 7.25. The van der Waals surface area contributed by atoms with Crippen molar-refractivity contribution in [2.45, 2.75) is 13.3 Å². The zero-order valence-corrected chi connectivity index (χ0v) is 12.5. The first-order chi connectivity index (χ1) is 10.6. The van der Waals surface area contributed by atoms with Gasteiger partial charge in [-0.2, -0.15) is 0 Å². The molecule has 0 fully saturated rings. The lowest BCUT2D eigenvalue weighted by Crippen LogP contribution is -2.15. The van der Waals surface area contributed by atoms with Crippen LogP contribution in [0.1, 0.15) is 11.1 Å². The summed E-state index contributed by atoms with van der Waals surface area (Å²) in [4.78, 5) is 12.2. The predicted molar refractivity (Wildman–Crippen MR) is 91.9 cm³/mol. The quantitative estimate of drug-likeness (QED) is 0.718. The average Bonchev–Trinajstić information content (AvgIpc) is 2.50. The highest BCUT2D eigenvalue weighted by Gasteiger charge is 2.07.